The summed E-state index contributed by atoms with van der Waals surface area (Å²) < 4.78 is 0. The van der Waals surface area contributed by atoms with Crippen molar-refractivity contribution in [1.29, 1.82) is 0 Å². The number of aromatic hydroxyl groups is 1. The molecule has 2 aromatic rings. The third-order valence-corrected chi connectivity index (χ3v) is 4.69. The van der Waals surface area contributed by atoms with Gasteiger partial charge in [0.1, 0.15) is 5.75 Å². The Bertz CT molecular complexity index is 689. The van der Waals surface area contributed by atoms with E-state index in [0.29, 0.717) is 17.9 Å². The van der Waals surface area contributed by atoms with Gasteiger partial charge < -0.3 is 15.9 Å². The van der Waals surface area contributed by atoms with Crippen LogP contribution in [0.25, 0.3) is 0 Å². The van der Waals surface area contributed by atoms with Gasteiger partial charge in [0.25, 0.3) is 0 Å². The molecule has 22 heavy (non-hydrogen) atoms. The maximum atomic E-state index is 10.5. The first-order chi connectivity index (χ1) is 10.5. The van der Waals surface area contributed by atoms with E-state index in [2.05, 4.69) is 0 Å². The Morgan fingerprint density at radius 1 is 1.18 bits per heavy atom. The molecule has 0 radical (unpaired) electrons. The summed E-state index contributed by atoms with van der Waals surface area (Å²) in [5.41, 5.74) is 9.16. The van der Waals surface area contributed by atoms with Crippen LogP contribution in [0, 0.1) is 0 Å². The summed E-state index contributed by atoms with van der Waals surface area (Å²) in [7, 11) is 0. The maximum absolute atomic E-state index is 10.5. The SMILES string of the molecule is NC1(CC(O)c2cccc(Cl)c2)CCc2ccc(O)cc2C1. The number of phenols is 1. The molecule has 3 nitrogen and oxygen atoms in total. The highest BCUT2D eigenvalue weighted by Crippen LogP contribution is 2.35. The van der Waals surface area contributed by atoms with E-state index in [9.17, 15) is 10.2 Å². The van der Waals surface area contributed by atoms with Crippen LogP contribution in [0.5, 0.6) is 5.75 Å². The number of nitrogens with two attached hydrogens (primary N) is 1. The fraction of sp³-hybridized carbons (Fsp3) is 0.333. The topological polar surface area (TPSA) is 66.5 Å². The lowest BCUT2D eigenvalue weighted by atomic mass is 9.75. The number of fused-ring (bicyclic) bond motifs is 1. The number of phenolic OH excluding ortho intramolecular Hbond substituents is 1. The van der Waals surface area contributed by atoms with Crippen molar-refractivity contribution in [3.63, 3.8) is 0 Å². The minimum atomic E-state index is -0.637. The number of aliphatic hydroxyl groups is 1. The average molecular weight is 318 g/mol. The van der Waals surface area contributed by atoms with Crippen LogP contribution in [-0.2, 0) is 12.8 Å². The van der Waals surface area contributed by atoms with Gasteiger partial charge in [-0.15, -0.1) is 0 Å². The Hall–Kier alpha value is -1.55. The van der Waals surface area contributed by atoms with Crippen LogP contribution in [0.4, 0.5) is 0 Å². The summed E-state index contributed by atoms with van der Waals surface area (Å²) in [4.78, 5) is 0. The first-order valence-electron chi connectivity index (χ1n) is 7.48. The highest BCUT2D eigenvalue weighted by molar-refractivity contribution is 6.30. The molecule has 0 aromatic heterocycles. The van der Waals surface area contributed by atoms with Gasteiger partial charge >= 0.3 is 0 Å². The summed E-state index contributed by atoms with van der Waals surface area (Å²) in [6.07, 6.45) is 2.19. The van der Waals surface area contributed by atoms with Gasteiger partial charge in [0.15, 0.2) is 0 Å². The van der Waals surface area contributed by atoms with E-state index in [1.165, 1.54) is 5.56 Å². The van der Waals surface area contributed by atoms with Gasteiger partial charge in [0.05, 0.1) is 6.10 Å². The molecule has 4 N–H and O–H groups in total. The molecule has 0 heterocycles. The Labute approximate surface area is 135 Å². The van der Waals surface area contributed by atoms with Crippen LogP contribution in [-0.4, -0.2) is 15.8 Å². The molecule has 0 amide bonds. The third-order valence-electron chi connectivity index (χ3n) is 4.46. The van der Waals surface area contributed by atoms with Crippen molar-refractivity contribution in [2.45, 2.75) is 37.3 Å². The second kappa shape index (κ2) is 5.92. The van der Waals surface area contributed by atoms with E-state index in [1.54, 1.807) is 24.3 Å². The molecule has 3 rings (SSSR count). The molecular formula is C18H20ClNO2. The fourth-order valence-electron chi connectivity index (χ4n) is 3.26. The van der Waals surface area contributed by atoms with Crippen molar-refractivity contribution in [3.05, 3.63) is 64.2 Å². The van der Waals surface area contributed by atoms with Crippen molar-refractivity contribution in [1.82, 2.24) is 0 Å². The lowest BCUT2D eigenvalue weighted by molar-refractivity contribution is 0.126. The van der Waals surface area contributed by atoms with Gasteiger partial charge in [-0.25, -0.2) is 0 Å². The summed E-state index contributed by atoms with van der Waals surface area (Å²) in [6, 6.07) is 12.7. The average Bonchev–Trinajstić information content (AvgIpc) is 2.46. The number of aryl methyl sites for hydroxylation is 1. The smallest absolute Gasteiger partial charge is 0.115 e. The van der Waals surface area contributed by atoms with Crippen LogP contribution in [0.1, 0.15) is 35.6 Å². The molecule has 2 atom stereocenters. The quantitative estimate of drug-likeness (QED) is 0.813. The van der Waals surface area contributed by atoms with E-state index in [0.717, 1.165) is 24.0 Å². The van der Waals surface area contributed by atoms with E-state index < -0.39 is 11.6 Å². The monoisotopic (exact) mass is 317 g/mol. The zero-order valence-corrected chi connectivity index (χ0v) is 13.1. The van der Waals surface area contributed by atoms with Crippen LogP contribution in [0.2, 0.25) is 5.02 Å². The molecule has 0 saturated carbocycles. The Balaban J connectivity index is 1.77. The summed E-state index contributed by atoms with van der Waals surface area (Å²) in [5.74, 6) is 0.262. The molecule has 0 spiro atoms. The van der Waals surface area contributed by atoms with Crippen molar-refractivity contribution in [3.8, 4) is 5.75 Å². The van der Waals surface area contributed by atoms with Crippen molar-refractivity contribution in [2.75, 3.05) is 0 Å². The molecule has 0 bridgehead atoms. The Morgan fingerprint density at radius 3 is 2.77 bits per heavy atom. The molecule has 0 aliphatic heterocycles. The number of halogens is 1. The van der Waals surface area contributed by atoms with Gasteiger partial charge in [-0.05, 0) is 66.6 Å². The van der Waals surface area contributed by atoms with Crippen LogP contribution in [0.15, 0.2) is 42.5 Å². The van der Waals surface area contributed by atoms with Crippen molar-refractivity contribution >= 4 is 11.6 Å². The number of aliphatic hydroxyl groups excluding tert-OH is 1. The second-order valence-electron chi connectivity index (χ2n) is 6.27. The Kier molecular flexibility index (Phi) is 4.13. The molecular weight excluding hydrogens is 298 g/mol. The predicted octanol–water partition coefficient (Wildman–Crippen LogP) is 3.36. The molecule has 4 heteroatoms. The molecule has 2 aromatic carbocycles. The van der Waals surface area contributed by atoms with Gasteiger partial charge in [0.2, 0.25) is 0 Å². The van der Waals surface area contributed by atoms with Gasteiger partial charge in [0, 0.05) is 10.6 Å². The number of benzene rings is 2. The second-order valence-corrected chi connectivity index (χ2v) is 6.70. The van der Waals surface area contributed by atoms with Crippen LogP contribution in [0.3, 0.4) is 0 Å². The van der Waals surface area contributed by atoms with E-state index in [-0.39, 0.29) is 5.75 Å². The van der Waals surface area contributed by atoms with Crippen LogP contribution < -0.4 is 5.73 Å². The lowest BCUT2D eigenvalue weighted by Crippen LogP contribution is -2.46. The summed E-state index contributed by atoms with van der Waals surface area (Å²) in [6.45, 7) is 0. The minimum Gasteiger partial charge on any atom is -0.508 e. The summed E-state index contributed by atoms with van der Waals surface area (Å²) in [5, 5.41) is 20.7. The van der Waals surface area contributed by atoms with Crippen molar-refractivity contribution < 1.29 is 10.2 Å². The fourth-order valence-corrected chi connectivity index (χ4v) is 3.46. The highest BCUT2D eigenvalue weighted by atomic mass is 35.5. The normalized spacial score (nSPS) is 22.1. The standard InChI is InChI=1S/C18H20ClNO2/c19-15-3-1-2-13(8-15)17(22)11-18(20)7-6-12-4-5-16(21)9-14(12)10-18/h1-5,8-9,17,21-22H,6-7,10-11,20H2. The molecule has 1 aliphatic rings. The van der Waals surface area contributed by atoms with Gasteiger partial charge in [-0.3, -0.25) is 0 Å². The molecule has 1 aliphatic carbocycles. The highest BCUT2D eigenvalue weighted by Gasteiger charge is 2.33. The van der Waals surface area contributed by atoms with Crippen molar-refractivity contribution in [2.24, 2.45) is 5.73 Å². The molecule has 0 fully saturated rings. The zero-order valence-electron chi connectivity index (χ0n) is 12.3. The zero-order chi connectivity index (χ0) is 15.7. The number of hydrogen-bond donors (Lipinski definition) is 3. The van der Waals surface area contributed by atoms with Gasteiger partial charge in [-0.2, -0.15) is 0 Å². The number of rotatable bonds is 3. The largest absolute Gasteiger partial charge is 0.508 e. The predicted molar refractivity (Wildman–Crippen MR) is 88.1 cm³/mol. The lowest BCUT2D eigenvalue weighted by Gasteiger charge is -2.36. The third kappa shape index (κ3) is 3.27. The molecule has 2 unspecified atom stereocenters. The first-order valence-corrected chi connectivity index (χ1v) is 7.86. The van der Waals surface area contributed by atoms with E-state index in [4.69, 9.17) is 17.3 Å². The van der Waals surface area contributed by atoms with E-state index >= 15 is 0 Å². The van der Waals surface area contributed by atoms with E-state index in [1.807, 2.05) is 18.2 Å². The molecule has 0 saturated heterocycles. The molecule has 116 valence electrons. The van der Waals surface area contributed by atoms with Crippen LogP contribution >= 0.6 is 11.6 Å². The Morgan fingerprint density at radius 2 is 2.00 bits per heavy atom. The number of hydrogen-bond acceptors (Lipinski definition) is 3. The first kappa shape index (κ1) is 15.3. The maximum Gasteiger partial charge on any atom is 0.115 e. The summed E-state index contributed by atoms with van der Waals surface area (Å²) >= 11 is 5.98. The van der Waals surface area contributed by atoms with Gasteiger partial charge in [-0.1, -0.05) is 29.8 Å². The minimum absolute atomic E-state index is 0.262.